The van der Waals surface area contributed by atoms with Crippen molar-refractivity contribution in [2.24, 2.45) is 0 Å². The van der Waals surface area contributed by atoms with E-state index in [4.69, 9.17) is 4.74 Å². The number of hydrogen-bond acceptors (Lipinski definition) is 2. The average Bonchev–Trinajstić information content (AvgIpc) is 2.40. The summed E-state index contributed by atoms with van der Waals surface area (Å²) >= 11 is 0. The van der Waals surface area contributed by atoms with Crippen LogP contribution >= 0.6 is 0 Å². The van der Waals surface area contributed by atoms with Gasteiger partial charge in [-0.15, -0.1) is 0 Å². The van der Waals surface area contributed by atoms with Gasteiger partial charge in [0.25, 0.3) is 5.91 Å². The number of piperazine rings is 1. The van der Waals surface area contributed by atoms with Gasteiger partial charge in [-0.2, -0.15) is 0 Å². The zero-order chi connectivity index (χ0) is 12.1. The van der Waals surface area contributed by atoms with Crippen LogP contribution in [0.3, 0.4) is 0 Å². The number of benzene rings is 1. The molecular formula is C13H17N2O2. The molecule has 1 fully saturated rings. The molecule has 91 valence electrons. The van der Waals surface area contributed by atoms with Crippen molar-refractivity contribution < 1.29 is 9.53 Å². The van der Waals surface area contributed by atoms with Crippen molar-refractivity contribution in [3.63, 3.8) is 0 Å². The molecule has 1 saturated heterocycles. The summed E-state index contributed by atoms with van der Waals surface area (Å²) in [7, 11) is 0. The molecule has 1 aromatic carbocycles. The van der Waals surface area contributed by atoms with Gasteiger partial charge in [0.2, 0.25) is 0 Å². The molecule has 0 aliphatic carbocycles. The lowest BCUT2D eigenvalue weighted by Gasteiger charge is -2.27. The van der Waals surface area contributed by atoms with Crippen LogP contribution in [0.25, 0.3) is 0 Å². The fourth-order valence-corrected chi connectivity index (χ4v) is 1.90. The van der Waals surface area contributed by atoms with E-state index in [9.17, 15) is 4.79 Å². The number of para-hydroxylation sites is 1. The number of carbonyl (C=O) groups is 1. The van der Waals surface area contributed by atoms with Gasteiger partial charge in [-0.3, -0.25) is 4.79 Å². The largest absolute Gasteiger partial charge is 0.493 e. The fourth-order valence-electron chi connectivity index (χ4n) is 1.90. The maximum absolute atomic E-state index is 12.3. The van der Waals surface area contributed by atoms with Crippen molar-refractivity contribution >= 4 is 5.91 Å². The highest BCUT2D eigenvalue weighted by atomic mass is 16.5. The van der Waals surface area contributed by atoms with E-state index < -0.39 is 0 Å². The van der Waals surface area contributed by atoms with Crippen LogP contribution in [-0.4, -0.2) is 43.6 Å². The number of rotatable bonds is 3. The summed E-state index contributed by atoms with van der Waals surface area (Å²) in [6.45, 7) is 5.38. The Kier molecular flexibility index (Phi) is 3.98. The van der Waals surface area contributed by atoms with E-state index in [1.807, 2.05) is 36.1 Å². The normalized spacial score (nSPS) is 15.7. The van der Waals surface area contributed by atoms with Gasteiger partial charge in [0.05, 0.1) is 12.2 Å². The first-order chi connectivity index (χ1) is 8.33. The van der Waals surface area contributed by atoms with E-state index in [0.29, 0.717) is 31.0 Å². The van der Waals surface area contributed by atoms with Crippen molar-refractivity contribution in [2.45, 2.75) is 6.92 Å². The van der Waals surface area contributed by atoms with E-state index in [0.717, 1.165) is 13.1 Å². The molecule has 1 heterocycles. The topological polar surface area (TPSA) is 43.6 Å². The summed E-state index contributed by atoms with van der Waals surface area (Å²) in [6.07, 6.45) is 0. The summed E-state index contributed by atoms with van der Waals surface area (Å²) in [5.41, 5.74) is 0.649. The van der Waals surface area contributed by atoms with Gasteiger partial charge in [-0.25, -0.2) is 5.32 Å². The van der Waals surface area contributed by atoms with Crippen LogP contribution in [0.2, 0.25) is 0 Å². The van der Waals surface area contributed by atoms with Crippen molar-refractivity contribution in [2.75, 3.05) is 32.8 Å². The van der Waals surface area contributed by atoms with Crippen LogP contribution < -0.4 is 10.1 Å². The van der Waals surface area contributed by atoms with Crippen LogP contribution in [0, 0.1) is 0 Å². The minimum atomic E-state index is 0.0453. The van der Waals surface area contributed by atoms with E-state index >= 15 is 0 Å². The van der Waals surface area contributed by atoms with Crippen molar-refractivity contribution in [1.82, 2.24) is 10.2 Å². The van der Waals surface area contributed by atoms with Crippen molar-refractivity contribution in [3.8, 4) is 5.75 Å². The predicted octanol–water partition coefficient (Wildman–Crippen LogP) is 1.15. The lowest BCUT2D eigenvalue weighted by molar-refractivity contribution is 0.0730. The van der Waals surface area contributed by atoms with E-state index in [-0.39, 0.29) is 5.91 Å². The fraction of sp³-hybridized carbons (Fsp3) is 0.462. The Bertz CT molecular complexity index is 387. The molecule has 4 heteroatoms. The van der Waals surface area contributed by atoms with Crippen molar-refractivity contribution in [1.29, 1.82) is 0 Å². The average molecular weight is 233 g/mol. The second-order valence-electron chi connectivity index (χ2n) is 3.89. The molecule has 1 aliphatic heterocycles. The maximum Gasteiger partial charge on any atom is 0.257 e. The monoisotopic (exact) mass is 233 g/mol. The smallest absolute Gasteiger partial charge is 0.257 e. The van der Waals surface area contributed by atoms with Gasteiger partial charge < -0.3 is 9.64 Å². The second kappa shape index (κ2) is 5.68. The molecule has 17 heavy (non-hydrogen) atoms. The molecular weight excluding hydrogens is 216 g/mol. The Morgan fingerprint density at radius 3 is 2.76 bits per heavy atom. The first kappa shape index (κ1) is 11.9. The summed E-state index contributed by atoms with van der Waals surface area (Å²) in [5, 5.41) is 4.24. The third kappa shape index (κ3) is 2.77. The molecule has 1 radical (unpaired) electrons. The third-order valence-electron chi connectivity index (χ3n) is 2.76. The lowest BCUT2D eigenvalue weighted by atomic mass is 10.1. The first-order valence-electron chi connectivity index (χ1n) is 5.97. The highest BCUT2D eigenvalue weighted by Gasteiger charge is 2.21. The molecule has 0 saturated carbocycles. The number of ether oxygens (including phenoxy) is 1. The molecule has 1 amide bonds. The second-order valence-corrected chi connectivity index (χ2v) is 3.89. The Labute approximate surface area is 102 Å². The zero-order valence-electron chi connectivity index (χ0n) is 10.1. The zero-order valence-corrected chi connectivity index (χ0v) is 10.1. The first-order valence-corrected chi connectivity index (χ1v) is 5.97. The van der Waals surface area contributed by atoms with E-state index in [1.54, 1.807) is 0 Å². The molecule has 1 aromatic rings. The van der Waals surface area contributed by atoms with Crippen LogP contribution in [0.15, 0.2) is 24.3 Å². The standard InChI is InChI=1S/C13H17N2O2/c1-2-17-12-6-4-3-5-11(12)13(16)15-9-7-14-8-10-15/h3-6H,2,7-10H2,1H3. The lowest BCUT2D eigenvalue weighted by Crippen LogP contribution is -2.43. The highest BCUT2D eigenvalue weighted by Crippen LogP contribution is 2.20. The van der Waals surface area contributed by atoms with Crippen LogP contribution in [0.5, 0.6) is 5.75 Å². The Balaban J connectivity index is 2.17. The molecule has 0 atom stereocenters. The SMILES string of the molecule is CCOc1ccccc1C(=O)N1CC[N]CC1. The van der Waals surface area contributed by atoms with Crippen LogP contribution in [0.4, 0.5) is 0 Å². The van der Waals surface area contributed by atoms with Crippen LogP contribution in [0.1, 0.15) is 17.3 Å². The van der Waals surface area contributed by atoms with Gasteiger partial charge in [0, 0.05) is 26.2 Å². The van der Waals surface area contributed by atoms with Crippen molar-refractivity contribution in [3.05, 3.63) is 29.8 Å². The highest BCUT2D eigenvalue weighted by molar-refractivity contribution is 5.97. The minimum absolute atomic E-state index is 0.0453. The molecule has 4 nitrogen and oxygen atoms in total. The summed E-state index contributed by atoms with van der Waals surface area (Å²) < 4.78 is 5.48. The molecule has 0 unspecified atom stereocenters. The molecule has 1 aliphatic rings. The Morgan fingerprint density at radius 2 is 2.06 bits per heavy atom. The summed E-state index contributed by atoms with van der Waals surface area (Å²) in [4.78, 5) is 14.1. The maximum atomic E-state index is 12.3. The molecule has 0 aromatic heterocycles. The summed E-state index contributed by atoms with van der Waals surface area (Å²) in [6, 6.07) is 7.40. The Hall–Kier alpha value is -1.55. The van der Waals surface area contributed by atoms with Gasteiger partial charge in [-0.1, -0.05) is 12.1 Å². The molecule has 0 spiro atoms. The molecule has 2 rings (SSSR count). The van der Waals surface area contributed by atoms with E-state index in [2.05, 4.69) is 5.32 Å². The number of carbonyl (C=O) groups excluding carboxylic acids is 1. The van der Waals surface area contributed by atoms with Gasteiger partial charge >= 0.3 is 0 Å². The number of nitrogens with zero attached hydrogens (tertiary/aromatic N) is 2. The number of amides is 1. The molecule has 0 N–H and O–H groups in total. The van der Waals surface area contributed by atoms with Gasteiger partial charge in [-0.05, 0) is 19.1 Å². The Morgan fingerprint density at radius 1 is 1.35 bits per heavy atom. The van der Waals surface area contributed by atoms with Gasteiger partial charge in [0.15, 0.2) is 0 Å². The van der Waals surface area contributed by atoms with Gasteiger partial charge in [0.1, 0.15) is 5.75 Å². The predicted molar refractivity (Wildman–Crippen MR) is 65.4 cm³/mol. The van der Waals surface area contributed by atoms with E-state index in [1.165, 1.54) is 0 Å². The number of hydrogen-bond donors (Lipinski definition) is 0. The third-order valence-corrected chi connectivity index (χ3v) is 2.76. The summed E-state index contributed by atoms with van der Waals surface area (Å²) in [5.74, 6) is 0.714. The molecule has 0 bridgehead atoms. The van der Waals surface area contributed by atoms with Crippen LogP contribution in [-0.2, 0) is 0 Å². The quantitative estimate of drug-likeness (QED) is 0.786. The minimum Gasteiger partial charge on any atom is -0.493 e.